The van der Waals surface area contributed by atoms with E-state index >= 15 is 0 Å². The molecule has 8 heteroatoms. The normalized spacial score (nSPS) is 17.1. The molecule has 168 valence electrons. The first-order chi connectivity index (χ1) is 14.2. The lowest BCUT2D eigenvalue weighted by atomic mass is 9.99. The van der Waals surface area contributed by atoms with E-state index in [9.17, 15) is 14.7 Å². The van der Waals surface area contributed by atoms with Crippen LogP contribution in [0, 0.1) is 0 Å². The third-order valence-corrected chi connectivity index (χ3v) is 4.71. The number of aliphatic hydroxyl groups is 1. The fraction of sp³-hybridized carbons (Fsp3) is 0.636. The van der Waals surface area contributed by atoms with Gasteiger partial charge >= 0.3 is 6.09 Å². The van der Waals surface area contributed by atoms with Gasteiger partial charge in [0.05, 0.1) is 31.8 Å². The molecule has 0 aromatic heterocycles. The van der Waals surface area contributed by atoms with Gasteiger partial charge in [-0.3, -0.25) is 9.69 Å². The number of benzene rings is 1. The molecule has 1 aliphatic heterocycles. The Bertz CT molecular complexity index is 656. The Morgan fingerprint density at radius 1 is 1.20 bits per heavy atom. The van der Waals surface area contributed by atoms with Crippen molar-refractivity contribution in [1.82, 2.24) is 15.5 Å². The van der Waals surface area contributed by atoms with Gasteiger partial charge in [0.25, 0.3) is 0 Å². The molecular formula is C22H35N3O5. The average Bonchev–Trinajstić information content (AvgIpc) is 2.67. The van der Waals surface area contributed by atoms with Gasteiger partial charge in [0, 0.05) is 26.2 Å². The molecule has 0 saturated carbocycles. The van der Waals surface area contributed by atoms with Crippen LogP contribution in [0.1, 0.15) is 32.8 Å². The van der Waals surface area contributed by atoms with Crippen molar-refractivity contribution in [1.29, 1.82) is 0 Å². The summed E-state index contributed by atoms with van der Waals surface area (Å²) in [6, 6.07) is 8.87. The van der Waals surface area contributed by atoms with Gasteiger partial charge in [0.15, 0.2) is 0 Å². The van der Waals surface area contributed by atoms with Crippen LogP contribution < -0.4 is 10.6 Å². The van der Waals surface area contributed by atoms with E-state index in [0.717, 1.165) is 25.2 Å². The number of morpholine rings is 1. The molecule has 1 heterocycles. The SMILES string of the molecule is CC(C)(C)OC(=O)N[C@@H](Cc1ccccc1)[C@@H](O)CC(=O)NCCN1CCOCC1. The predicted octanol–water partition coefficient (Wildman–Crippen LogP) is 1.32. The highest BCUT2D eigenvalue weighted by atomic mass is 16.6. The van der Waals surface area contributed by atoms with Crippen molar-refractivity contribution in [3.63, 3.8) is 0 Å². The van der Waals surface area contributed by atoms with Crippen LogP contribution in [0.2, 0.25) is 0 Å². The Hall–Kier alpha value is -2.16. The Labute approximate surface area is 178 Å². The van der Waals surface area contributed by atoms with Crippen molar-refractivity contribution in [3.8, 4) is 0 Å². The van der Waals surface area contributed by atoms with E-state index in [0.29, 0.717) is 26.2 Å². The molecular weight excluding hydrogens is 386 g/mol. The summed E-state index contributed by atoms with van der Waals surface area (Å²) >= 11 is 0. The van der Waals surface area contributed by atoms with E-state index < -0.39 is 23.8 Å². The Kier molecular flexibility index (Phi) is 9.55. The number of ether oxygens (including phenoxy) is 2. The molecule has 30 heavy (non-hydrogen) atoms. The van der Waals surface area contributed by atoms with Crippen LogP contribution in [0.4, 0.5) is 4.79 Å². The van der Waals surface area contributed by atoms with Crippen molar-refractivity contribution in [3.05, 3.63) is 35.9 Å². The quantitative estimate of drug-likeness (QED) is 0.556. The van der Waals surface area contributed by atoms with Crippen molar-refractivity contribution < 1.29 is 24.2 Å². The van der Waals surface area contributed by atoms with E-state index in [-0.39, 0.29) is 12.3 Å². The fourth-order valence-electron chi connectivity index (χ4n) is 3.19. The monoisotopic (exact) mass is 421 g/mol. The third-order valence-electron chi connectivity index (χ3n) is 4.71. The zero-order valence-electron chi connectivity index (χ0n) is 18.2. The molecule has 2 rings (SSSR count). The minimum absolute atomic E-state index is 0.101. The van der Waals surface area contributed by atoms with E-state index in [1.807, 2.05) is 30.3 Å². The van der Waals surface area contributed by atoms with Gasteiger partial charge in [-0.25, -0.2) is 4.79 Å². The van der Waals surface area contributed by atoms with Crippen molar-refractivity contribution in [2.24, 2.45) is 0 Å². The van der Waals surface area contributed by atoms with Crippen LogP contribution in [0.15, 0.2) is 30.3 Å². The lowest BCUT2D eigenvalue weighted by Crippen LogP contribution is -2.48. The van der Waals surface area contributed by atoms with Gasteiger partial charge in [0.2, 0.25) is 5.91 Å². The van der Waals surface area contributed by atoms with Gasteiger partial charge in [-0.2, -0.15) is 0 Å². The Balaban J connectivity index is 1.87. The molecule has 1 fully saturated rings. The molecule has 2 amide bonds. The lowest BCUT2D eigenvalue weighted by Gasteiger charge is -2.27. The smallest absolute Gasteiger partial charge is 0.407 e. The van der Waals surface area contributed by atoms with Gasteiger partial charge in [0.1, 0.15) is 5.60 Å². The highest BCUT2D eigenvalue weighted by Gasteiger charge is 2.26. The summed E-state index contributed by atoms with van der Waals surface area (Å²) in [6.07, 6.45) is -1.37. The van der Waals surface area contributed by atoms with Crippen molar-refractivity contribution >= 4 is 12.0 Å². The summed E-state index contributed by atoms with van der Waals surface area (Å²) in [6.45, 7) is 9.72. The first-order valence-electron chi connectivity index (χ1n) is 10.5. The summed E-state index contributed by atoms with van der Waals surface area (Å²) in [7, 11) is 0. The molecule has 8 nitrogen and oxygen atoms in total. The van der Waals surface area contributed by atoms with Crippen LogP contribution in [0.25, 0.3) is 0 Å². The first-order valence-corrected chi connectivity index (χ1v) is 10.5. The second-order valence-corrected chi connectivity index (χ2v) is 8.52. The number of hydrogen-bond donors (Lipinski definition) is 3. The zero-order chi connectivity index (χ0) is 22.0. The number of nitrogens with zero attached hydrogens (tertiary/aromatic N) is 1. The molecule has 0 aliphatic carbocycles. The first kappa shape index (κ1) is 24.1. The summed E-state index contributed by atoms with van der Waals surface area (Å²) in [5, 5.41) is 16.2. The van der Waals surface area contributed by atoms with Crippen molar-refractivity contribution in [2.75, 3.05) is 39.4 Å². The van der Waals surface area contributed by atoms with Crippen LogP contribution in [0.5, 0.6) is 0 Å². The Morgan fingerprint density at radius 3 is 2.50 bits per heavy atom. The summed E-state index contributed by atoms with van der Waals surface area (Å²) in [4.78, 5) is 26.8. The van der Waals surface area contributed by atoms with Crippen LogP contribution in [0.3, 0.4) is 0 Å². The van der Waals surface area contributed by atoms with Crippen molar-refractivity contribution in [2.45, 2.75) is 51.4 Å². The summed E-state index contributed by atoms with van der Waals surface area (Å²) in [5.41, 5.74) is 0.300. The maximum Gasteiger partial charge on any atom is 0.407 e. The van der Waals surface area contributed by atoms with E-state index in [4.69, 9.17) is 9.47 Å². The van der Waals surface area contributed by atoms with Gasteiger partial charge in [-0.1, -0.05) is 30.3 Å². The van der Waals surface area contributed by atoms with Crippen LogP contribution >= 0.6 is 0 Å². The number of hydrogen-bond acceptors (Lipinski definition) is 6. The fourth-order valence-corrected chi connectivity index (χ4v) is 3.19. The van der Waals surface area contributed by atoms with Gasteiger partial charge < -0.3 is 25.2 Å². The standard InChI is InChI=1S/C22H35N3O5/c1-22(2,3)30-21(28)24-18(15-17-7-5-4-6-8-17)19(26)16-20(27)23-9-10-25-11-13-29-14-12-25/h4-8,18-19,26H,9-16H2,1-3H3,(H,23,27)(H,24,28)/t18-,19-/m0/s1. The lowest BCUT2D eigenvalue weighted by molar-refractivity contribution is -0.123. The molecule has 1 saturated heterocycles. The molecule has 1 aromatic carbocycles. The molecule has 0 radical (unpaired) electrons. The van der Waals surface area contributed by atoms with E-state index in [2.05, 4.69) is 15.5 Å². The summed E-state index contributed by atoms with van der Waals surface area (Å²) < 4.78 is 10.6. The average molecular weight is 422 g/mol. The second-order valence-electron chi connectivity index (χ2n) is 8.52. The maximum atomic E-state index is 12.3. The number of carbonyl (C=O) groups is 2. The van der Waals surface area contributed by atoms with E-state index in [1.54, 1.807) is 20.8 Å². The molecule has 0 unspecified atom stereocenters. The van der Waals surface area contributed by atoms with Gasteiger partial charge in [-0.05, 0) is 32.8 Å². The van der Waals surface area contributed by atoms with Crippen LogP contribution in [-0.2, 0) is 20.7 Å². The minimum atomic E-state index is -1.04. The number of rotatable bonds is 9. The highest BCUT2D eigenvalue weighted by molar-refractivity contribution is 5.76. The molecule has 2 atom stereocenters. The topological polar surface area (TPSA) is 100 Å². The zero-order valence-corrected chi connectivity index (χ0v) is 18.2. The van der Waals surface area contributed by atoms with Gasteiger partial charge in [-0.15, -0.1) is 0 Å². The number of amides is 2. The van der Waals surface area contributed by atoms with Crippen LogP contribution in [-0.4, -0.2) is 79.1 Å². The number of alkyl carbamates (subject to hydrolysis) is 1. The molecule has 0 bridgehead atoms. The second kappa shape index (κ2) is 11.9. The minimum Gasteiger partial charge on any atom is -0.444 e. The third kappa shape index (κ3) is 9.56. The number of carbonyl (C=O) groups excluding carboxylic acids is 2. The van der Waals surface area contributed by atoms with E-state index in [1.165, 1.54) is 0 Å². The number of aliphatic hydroxyl groups excluding tert-OH is 1. The molecule has 1 aliphatic rings. The predicted molar refractivity (Wildman–Crippen MR) is 114 cm³/mol. The highest BCUT2D eigenvalue weighted by Crippen LogP contribution is 2.12. The molecule has 3 N–H and O–H groups in total. The molecule has 1 aromatic rings. The largest absolute Gasteiger partial charge is 0.444 e. The summed E-state index contributed by atoms with van der Waals surface area (Å²) in [5.74, 6) is -0.250. The number of nitrogens with one attached hydrogen (secondary N) is 2. The Morgan fingerprint density at radius 2 is 1.87 bits per heavy atom. The maximum absolute atomic E-state index is 12.3. The molecule has 0 spiro atoms.